The van der Waals surface area contributed by atoms with Crippen LogP contribution in [0.4, 0.5) is 5.69 Å². The highest BCUT2D eigenvalue weighted by atomic mass is 16.5. The van der Waals surface area contributed by atoms with Crippen molar-refractivity contribution in [2.45, 2.75) is 52.5 Å². The van der Waals surface area contributed by atoms with Crippen molar-refractivity contribution in [3.8, 4) is 0 Å². The summed E-state index contributed by atoms with van der Waals surface area (Å²) in [7, 11) is 0. The highest BCUT2D eigenvalue weighted by Crippen LogP contribution is 2.26. The molecule has 2 atom stereocenters. The maximum absolute atomic E-state index is 12.5. The Labute approximate surface area is 184 Å². The summed E-state index contributed by atoms with van der Waals surface area (Å²) in [6.07, 6.45) is 1.12. The van der Waals surface area contributed by atoms with Crippen LogP contribution in [0.1, 0.15) is 51.2 Å². The number of benzene rings is 2. The van der Waals surface area contributed by atoms with E-state index in [0.717, 1.165) is 23.2 Å². The minimum Gasteiger partial charge on any atom is -0.454 e. The molecule has 0 aliphatic rings. The van der Waals surface area contributed by atoms with Crippen LogP contribution in [0.25, 0.3) is 0 Å². The summed E-state index contributed by atoms with van der Waals surface area (Å²) >= 11 is 0. The summed E-state index contributed by atoms with van der Waals surface area (Å²) in [5.74, 6) is -1.19. The van der Waals surface area contributed by atoms with Crippen LogP contribution in [-0.4, -0.2) is 30.4 Å². The van der Waals surface area contributed by atoms with Gasteiger partial charge in [-0.15, -0.1) is 0 Å². The highest BCUT2D eigenvalue weighted by Gasteiger charge is 2.26. The van der Waals surface area contributed by atoms with Gasteiger partial charge in [-0.3, -0.25) is 9.59 Å². The molecule has 0 bridgehead atoms. The van der Waals surface area contributed by atoms with Gasteiger partial charge in [-0.05, 0) is 35.4 Å². The maximum Gasteiger partial charge on any atom is 0.329 e. The molecule has 0 radical (unpaired) electrons. The molecule has 2 amide bonds. The molecule has 0 aromatic heterocycles. The van der Waals surface area contributed by atoms with Gasteiger partial charge in [0.15, 0.2) is 6.61 Å². The minimum absolute atomic E-state index is 0.171. The Balaban J connectivity index is 1.91. The van der Waals surface area contributed by atoms with Gasteiger partial charge in [0.05, 0.1) is 6.42 Å². The number of carbonyl (C=O) groups excluding carboxylic acids is 3. The van der Waals surface area contributed by atoms with E-state index >= 15 is 0 Å². The van der Waals surface area contributed by atoms with Crippen LogP contribution in [0.15, 0.2) is 54.6 Å². The Hall–Kier alpha value is -3.15. The van der Waals surface area contributed by atoms with E-state index in [-0.39, 0.29) is 18.2 Å². The first-order chi connectivity index (χ1) is 14.8. The maximum atomic E-state index is 12.5. The van der Waals surface area contributed by atoms with E-state index in [2.05, 4.69) is 24.5 Å². The number of amides is 2. The zero-order valence-electron chi connectivity index (χ0n) is 18.7. The molecule has 6 heteroatoms. The Bertz CT molecular complexity index is 880. The number of ether oxygens (including phenoxy) is 1. The number of hydrogen-bond donors (Lipinski definition) is 2. The summed E-state index contributed by atoms with van der Waals surface area (Å²) in [5, 5.41) is 5.54. The molecule has 0 saturated carbocycles. The second kappa shape index (κ2) is 11.9. The van der Waals surface area contributed by atoms with Gasteiger partial charge < -0.3 is 15.4 Å². The van der Waals surface area contributed by atoms with Crippen molar-refractivity contribution in [1.82, 2.24) is 5.32 Å². The van der Waals surface area contributed by atoms with Gasteiger partial charge in [0.2, 0.25) is 5.91 Å². The monoisotopic (exact) mass is 424 g/mol. The minimum atomic E-state index is -0.823. The molecule has 2 N–H and O–H groups in total. The van der Waals surface area contributed by atoms with Crippen molar-refractivity contribution < 1.29 is 19.1 Å². The number of nitrogens with one attached hydrogen (secondary N) is 2. The number of anilines is 1. The van der Waals surface area contributed by atoms with Crippen LogP contribution >= 0.6 is 0 Å². The van der Waals surface area contributed by atoms with Crippen molar-refractivity contribution >= 4 is 23.5 Å². The normalized spacial score (nSPS) is 12.7. The first-order valence-electron chi connectivity index (χ1n) is 10.7. The van der Waals surface area contributed by atoms with Crippen molar-refractivity contribution in [1.29, 1.82) is 0 Å². The number of carbonyl (C=O) groups is 3. The molecule has 166 valence electrons. The smallest absolute Gasteiger partial charge is 0.329 e. The largest absolute Gasteiger partial charge is 0.454 e. The predicted molar refractivity (Wildman–Crippen MR) is 122 cm³/mol. The topological polar surface area (TPSA) is 84.5 Å². The lowest BCUT2D eigenvalue weighted by atomic mass is 9.97. The van der Waals surface area contributed by atoms with Crippen LogP contribution in [0.2, 0.25) is 0 Å². The van der Waals surface area contributed by atoms with Crippen molar-refractivity contribution in [3.05, 3.63) is 65.7 Å². The Morgan fingerprint density at radius 2 is 1.55 bits per heavy atom. The fourth-order valence-electron chi connectivity index (χ4n) is 3.18. The summed E-state index contributed by atoms with van der Waals surface area (Å²) in [5.41, 5.74) is 2.61. The van der Waals surface area contributed by atoms with E-state index in [4.69, 9.17) is 4.74 Å². The van der Waals surface area contributed by atoms with Crippen LogP contribution in [0.3, 0.4) is 0 Å². The third-order valence-electron chi connectivity index (χ3n) is 5.17. The number of rotatable bonds is 10. The van der Waals surface area contributed by atoms with Crippen LogP contribution in [0, 0.1) is 5.92 Å². The first kappa shape index (κ1) is 24.1. The van der Waals surface area contributed by atoms with E-state index in [1.54, 1.807) is 0 Å². The molecular formula is C25H32N2O4. The fraction of sp³-hybridized carbons (Fsp3) is 0.400. The lowest BCUT2D eigenvalue weighted by molar-refractivity contribution is -0.151. The highest BCUT2D eigenvalue weighted by molar-refractivity contribution is 5.94. The summed E-state index contributed by atoms with van der Waals surface area (Å²) in [6, 6.07) is 16.1. The van der Waals surface area contributed by atoms with E-state index in [0.29, 0.717) is 5.92 Å². The van der Waals surface area contributed by atoms with Gasteiger partial charge in [-0.25, -0.2) is 4.79 Å². The summed E-state index contributed by atoms with van der Waals surface area (Å²) in [6.45, 7) is 7.40. The molecule has 0 aliphatic carbocycles. The zero-order chi connectivity index (χ0) is 22.8. The first-order valence-corrected chi connectivity index (χ1v) is 10.7. The summed E-state index contributed by atoms with van der Waals surface area (Å²) < 4.78 is 5.21. The predicted octanol–water partition coefficient (Wildman–Crippen LogP) is 4.07. The molecule has 0 unspecified atom stereocenters. The Kier molecular flexibility index (Phi) is 9.25. The molecule has 0 saturated heterocycles. The second-order valence-electron chi connectivity index (χ2n) is 8.00. The standard InChI is InChI=1S/C25H32N2O4/c1-5-18(4)20-13-9-10-14-21(20)26-23(29)16-31-25(30)24(17(2)3)27-22(28)15-19-11-7-6-8-12-19/h6-14,17-18,24H,5,15-16H2,1-4H3,(H,26,29)(H,27,28)/t18-,24-/m0/s1. The van der Waals surface area contributed by atoms with Crippen molar-refractivity contribution in [3.63, 3.8) is 0 Å². The van der Waals surface area contributed by atoms with Crippen LogP contribution in [-0.2, 0) is 25.5 Å². The van der Waals surface area contributed by atoms with E-state index in [1.807, 2.05) is 68.4 Å². The van der Waals surface area contributed by atoms with Gasteiger partial charge in [0, 0.05) is 5.69 Å². The molecule has 0 fully saturated rings. The molecule has 2 aromatic rings. The number of esters is 1. The van der Waals surface area contributed by atoms with Gasteiger partial charge >= 0.3 is 5.97 Å². The molecule has 6 nitrogen and oxygen atoms in total. The van der Waals surface area contributed by atoms with Crippen molar-refractivity contribution in [2.24, 2.45) is 5.92 Å². The zero-order valence-corrected chi connectivity index (χ0v) is 18.7. The van der Waals surface area contributed by atoms with Gasteiger partial charge in [-0.1, -0.05) is 76.2 Å². The second-order valence-corrected chi connectivity index (χ2v) is 8.00. The third-order valence-corrected chi connectivity index (χ3v) is 5.17. The van der Waals surface area contributed by atoms with Crippen LogP contribution < -0.4 is 10.6 Å². The lowest BCUT2D eigenvalue weighted by Gasteiger charge is -2.21. The molecule has 0 spiro atoms. The molecule has 2 aromatic carbocycles. The summed E-state index contributed by atoms with van der Waals surface area (Å²) in [4.78, 5) is 37.2. The van der Waals surface area contributed by atoms with E-state index < -0.39 is 24.5 Å². The number of para-hydroxylation sites is 1. The molecule has 0 heterocycles. The van der Waals surface area contributed by atoms with Gasteiger partial charge in [-0.2, -0.15) is 0 Å². The molecule has 31 heavy (non-hydrogen) atoms. The quantitative estimate of drug-likeness (QED) is 0.563. The average Bonchev–Trinajstić information content (AvgIpc) is 2.76. The van der Waals surface area contributed by atoms with E-state index in [9.17, 15) is 14.4 Å². The SMILES string of the molecule is CC[C@H](C)c1ccccc1NC(=O)COC(=O)[C@@H](NC(=O)Cc1ccccc1)C(C)C. The van der Waals surface area contributed by atoms with Gasteiger partial charge in [0.1, 0.15) is 6.04 Å². The Morgan fingerprint density at radius 3 is 2.19 bits per heavy atom. The molecule has 0 aliphatic heterocycles. The fourth-order valence-corrected chi connectivity index (χ4v) is 3.18. The van der Waals surface area contributed by atoms with E-state index in [1.165, 1.54) is 0 Å². The molecule has 2 rings (SSSR count). The van der Waals surface area contributed by atoms with Crippen LogP contribution in [0.5, 0.6) is 0 Å². The third kappa shape index (κ3) is 7.55. The molecular weight excluding hydrogens is 392 g/mol. The average molecular weight is 425 g/mol. The van der Waals surface area contributed by atoms with Gasteiger partial charge in [0.25, 0.3) is 5.91 Å². The Morgan fingerprint density at radius 1 is 0.903 bits per heavy atom. The lowest BCUT2D eigenvalue weighted by Crippen LogP contribution is -2.46. The van der Waals surface area contributed by atoms with Crippen molar-refractivity contribution in [2.75, 3.05) is 11.9 Å². The number of hydrogen-bond acceptors (Lipinski definition) is 4.